The van der Waals surface area contributed by atoms with Gasteiger partial charge in [0.2, 0.25) is 11.8 Å². The number of amides is 6. The molecule has 0 atom stereocenters. The third-order valence-electron chi connectivity index (χ3n) is 22.3. The fourth-order valence-electron chi connectivity index (χ4n) is 16.8. The van der Waals surface area contributed by atoms with E-state index >= 15 is 0 Å². The summed E-state index contributed by atoms with van der Waals surface area (Å²) in [5.41, 5.74) is -4.75. The third kappa shape index (κ3) is 11.7. The molecular weight excluding hydrogens is 1210 g/mol. The summed E-state index contributed by atoms with van der Waals surface area (Å²) in [6.45, 7) is 4.23. The van der Waals surface area contributed by atoms with Crippen LogP contribution in [-0.4, -0.2) is 170 Å². The van der Waals surface area contributed by atoms with Crippen molar-refractivity contribution in [2.45, 2.75) is 190 Å². The number of imide groups is 2. The standard InChI is InChI=1S/C62H88N10O12S4/c1-65-53(77)61(69(55(65)79)33-41-15-23-83-24-16-41)35-59(36-61)19-11-43(12-20-59)71-51(75)45(49(73)67(57(71)81)31-39-7-3-8-39)47(63)85-27-5-29-87-88-30-6-28-86-48(64)46-50(74)68(32-40-9-4-10-40)58(82)72(52(46)76)44-13-21-60(22-14-44)37-62(38-60)54(78)66(2)56(80)70(62)34-42-17-25-84-26-18-42/h39-44,63-64,73-74H,3-38H2,1-2H3. The van der Waals surface area contributed by atoms with Crippen LogP contribution in [0, 0.1) is 45.3 Å². The molecule has 2 aromatic rings. The molecule has 6 aliphatic carbocycles. The number of carbonyl (C=O) groups excluding carboxylic acids is 4. The van der Waals surface area contributed by atoms with E-state index in [1.165, 1.54) is 51.6 Å². The van der Waals surface area contributed by atoms with Gasteiger partial charge in [0.25, 0.3) is 22.9 Å². The zero-order chi connectivity index (χ0) is 61.9. The molecule has 4 saturated heterocycles. The number of nitrogens with zero attached hydrogens (tertiary/aromatic N) is 8. The topological polar surface area (TPSA) is 276 Å². The lowest BCUT2D eigenvalue weighted by molar-refractivity contribution is -0.150. The molecule has 22 nitrogen and oxygen atoms in total. The molecule has 12 rings (SSSR count). The van der Waals surface area contributed by atoms with Crippen molar-refractivity contribution in [2.24, 2.45) is 34.5 Å². The third-order valence-corrected chi connectivity index (χ3v) is 26.8. The Morgan fingerprint density at radius 1 is 0.489 bits per heavy atom. The molecule has 6 saturated carbocycles. The van der Waals surface area contributed by atoms with Crippen LogP contribution >= 0.6 is 45.1 Å². The van der Waals surface area contributed by atoms with Crippen LogP contribution in [0.5, 0.6) is 11.8 Å². The molecule has 10 aliphatic rings. The molecule has 88 heavy (non-hydrogen) atoms. The van der Waals surface area contributed by atoms with E-state index in [0.29, 0.717) is 141 Å². The normalized spacial score (nSPS) is 29.7. The Hall–Kier alpha value is -4.50. The number of rotatable bonds is 21. The van der Waals surface area contributed by atoms with E-state index in [1.807, 2.05) is 9.80 Å². The van der Waals surface area contributed by atoms with E-state index in [-0.39, 0.29) is 92.7 Å². The zero-order valence-corrected chi connectivity index (χ0v) is 54.4. The number of hydrogen-bond acceptors (Lipinski definition) is 18. The number of aromatic hydroxyl groups is 2. The lowest BCUT2D eigenvalue weighted by atomic mass is 9.51. The van der Waals surface area contributed by atoms with Crippen LogP contribution in [0.2, 0.25) is 0 Å². The highest BCUT2D eigenvalue weighted by Gasteiger charge is 2.69. The fraction of sp³-hybridized carbons (Fsp3) is 0.774. The van der Waals surface area contributed by atoms with Crippen molar-refractivity contribution in [1.29, 1.82) is 10.8 Å². The molecule has 4 aliphatic heterocycles. The first kappa shape index (κ1) is 63.6. The lowest BCUT2D eigenvalue weighted by Gasteiger charge is -2.58. The summed E-state index contributed by atoms with van der Waals surface area (Å²) in [7, 11) is 6.49. The van der Waals surface area contributed by atoms with Crippen LogP contribution in [-0.2, 0) is 32.2 Å². The van der Waals surface area contributed by atoms with Crippen molar-refractivity contribution in [3.63, 3.8) is 0 Å². The van der Waals surface area contributed by atoms with Gasteiger partial charge in [0.1, 0.15) is 32.3 Å². The smallest absolute Gasteiger partial charge is 0.334 e. The fourth-order valence-corrected chi connectivity index (χ4v) is 20.9. The van der Waals surface area contributed by atoms with Gasteiger partial charge < -0.3 is 29.5 Å². The Bertz CT molecular complexity index is 3080. The highest BCUT2D eigenvalue weighted by molar-refractivity contribution is 8.76. The molecule has 2 aromatic heterocycles. The Morgan fingerprint density at radius 3 is 1.16 bits per heavy atom. The number of nitrogens with one attached hydrogen (secondary N) is 2. The summed E-state index contributed by atoms with van der Waals surface area (Å²) in [5, 5.41) is 41.3. The first-order valence-electron chi connectivity index (χ1n) is 32.5. The Labute approximate surface area is 529 Å². The van der Waals surface area contributed by atoms with Crippen molar-refractivity contribution >= 4 is 79.1 Å². The summed E-state index contributed by atoms with van der Waals surface area (Å²) in [5.74, 6) is 2.30. The van der Waals surface area contributed by atoms with E-state index < -0.39 is 57.4 Å². The number of carbonyl (C=O) groups is 4. The van der Waals surface area contributed by atoms with Crippen LogP contribution in [0.15, 0.2) is 19.2 Å². The van der Waals surface area contributed by atoms with Crippen molar-refractivity contribution in [3.05, 3.63) is 52.8 Å². The average Bonchev–Trinajstić information content (AvgIpc) is 1.41. The number of ether oxygens (including phenoxy) is 2. The van der Waals surface area contributed by atoms with Gasteiger partial charge in [-0.05, 0) is 176 Å². The second-order valence-electron chi connectivity index (χ2n) is 27.7. The maximum Gasteiger partial charge on any atom is 0.334 e. The van der Waals surface area contributed by atoms with Gasteiger partial charge in [-0.3, -0.25) is 58.1 Å². The Balaban J connectivity index is 0.617. The van der Waals surface area contributed by atoms with Crippen LogP contribution in [0.4, 0.5) is 9.59 Å². The van der Waals surface area contributed by atoms with Crippen LogP contribution in [0.1, 0.15) is 177 Å². The minimum absolute atomic E-state index is 0.0730. The maximum absolute atomic E-state index is 14.4. The van der Waals surface area contributed by atoms with Gasteiger partial charge in [-0.1, -0.05) is 34.4 Å². The summed E-state index contributed by atoms with van der Waals surface area (Å²) < 4.78 is 16.3. The molecule has 4 spiro atoms. The predicted molar refractivity (Wildman–Crippen MR) is 341 cm³/mol. The van der Waals surface area contributed by atoms with E-state index in [2.05, 4.69) is 0 Å². The zero-order valence-electron chi connectivity index (χ0n) is 51.1. The van der Waals surface area contributed by atoms with Gasteiger partial charge in [-0.2, -0.15) is 0 Å². The second kappa shape index (κ2) is 25.9. The summed E-state index contributed by atoms with van der Waals surface area (Å²) in [4.78, 5) is 118. The second-order valence-corrected chi connectivity index (χ2v) is 32.6. The molecular formula is C62H88N10O12S4. The first-order valence-corrected chi connectivity index (χ1v) is 37.0. The lowest BCUT2D eigenvalue weighted by Crippen LogP contribution is -2.64. The number of aromatic nitrogens is 4. The maximum atomic E-state index is 14.4. The van der Waals surface area contributed by atoms with Gasteiger partial charge in [-0.25, -0.2) is 19.2 Å². The van der Waals surface area contributed by atoms with Gasteiger partial charge in [-0.15, -0.1) is 23.5 Å². The van der Waals surface area contributed by atoms with E-state index in [9.17, 15) is 48.6 Å². The highest BCUT2D eigenvalue weighted by Crippen LogP contribution is 2.64. The van der Waals surface area contributed by atoms with Crippen molar-refractivity contribution in [1.82, 2.24) is 37.9 Å². The number of thioether (sulfide) groups is 2. The van der Waals surface area contributed by atoms with E-state index in [0.717, 1.165) is 75.7 Å². The molecule has 0 unspecified atom stereocenters. The molecule has 0 bridgehead atoms. The average molecular weight is 1290 g/mol. The quantitative estimate of drug-likeness (QED) is 0.0301. The summed E-state index contributed by atoms with van der Waals surface area (Å²) >= 11 is 2.37. The van der Waals surface area contributed by atoms with E-state index in [4.69, 9.17) is 20.3 Å². The minimum Gasteiger partial charge on any atom is -0.494 e. The van der Waals surface area contributed by atoms with Crippen LogP contribution in [0.3, 0.4) is 0 Å². The van der Waals surface area contributed by atoms with Crippen molar-refractivity contribution in [2.75, 3.05) is 76.6 Å². The summed E-state index contributed by atoms with van der Waals surface area (Å²) in [6, 6.07) is -1.34. The Morgan fingerprint density at radius 2 is 0.830 bits per heavy atom. The summed E-state index contributed by atoms with van der Waals surface area (Å²) in [6.07, 6.45) is 17.7. The molecule has 10 fully saturated rings. The predicted octanol–water partition coefficient (Wildman–Crippen LogP) is 8.23. The van der Waals surface area contributed by atoms with E-state index in [1.54, 1.807) is 35.7 Å². The molecule has 26 heteroatoms. The van der Waals surface area contributed by atoms with Crippen LogP contribution in [0.25, 0.3) is 0 Å². The van der Waals surface area contributed by atoms with Gasteiger partial charge >= 0.3 is 23.4 Å². The first-order chi connectivity index (χ1) is 42.3. The van der Waals surface area contributed by atoms with Crippen molar-refractivity contribution in [3.8, 4) is 11.8 Å². The van der Waals surface area contributed by atoms with Crippen molar-refractivity contribution < 1.29 is 38.9 Å². The molecule has 4 N–H and O–H groups in total. The van der Waals surface area contributed by atoms with Gasteiger partial charge in [0.15, 0.2) is 0 Å². The number of urea groups is 2. The minimum atomic E-state index is -0.859. The molecule has 482 valence electrons. The van der Waals surface area contributed by atoms with Gasteiger partial charge in [0, 0.05) is 102 Å². The van der Waals surface area contributed by atoms with Crippen LogP contribution < -0.4 is 22.5 Å². The largest absolute Gasteiger partial charge is 0.494 e. The molecule has 6 heterocycles. The number of likely N-dealkylation sites (N-methyl/N-ethyl adjacent to an activating group) is 2. The van der Waals surface area contributed by atoms with Gasteiger partial charge in [0.05, 0.1) is 0 Å². The SMILES string of the molecule is CN1C(=O)N(CC2CCOCC2)C2(CC3(CCC(n4c(=O)c(C(=N)SCCCSSCCCSC(=N)c5c(O)n(CC6CCC6)c(=O)n(C6CCC7(CC6)CC6(C7)C(=O)N(C)C(=O)N6CC6CCOCC6)c5=O)c(O)n(CC5CCC5)c4=O)CC3)C2)C1=O. The molecule has 0 radical (unpaired) electrons. The molecule has 0 aromatic carbocycles. The molecule has 6 amide bonds. The Kier molecular flexibility index (Phi) is 18.7. The highest BCUT2D eigenvalue weighted by atomic mass is 33.1. The number of hydrogen-bond donors (Lipinski definition) is 4. The monoisotopic (exact) mass is 1290 g/mol.